The molecule has 2 aromatic heterocycles. The quantitative estimate of drug-likeness (QED) is 0.218. The Hall–Kier alpha value is -5.08. The number of nitrogens with zero attached hydrogens (tertiary/aromatic N) is 2. The van der Waals surface area contributed by atoms with Gasteiger partial charge in [-0.25, -0.2) is 0 Å². The smallest absolute Gasteiger partial charge is 0.0547 e. The Balaban J connectivity index is 1.41. The van der Waals surface area contributed by atoms with Crippen LogP contribution >= 0.6 is 0 Å². The number of aryl methyl sites for hydroxylation is 1. The van der Waals surface area contributed by atoms with Crippen LogP contribution in [0.5, 0.6) is 0 Å². The molecule has 2 nitrogen and oxygen atoms in total. The summed E-state index contributed by atoms with van der Waals surface area (Å²) in [5.74, 6) is 0. The van der Waals surface area contributed by atoms with E-state index in [1.165, 1.54) is 90.1 Å². The van der Waals surface area contributed by atoms with Crippen molar-refractivity contribution in [1.82, 2.24) is 9.13 Å². The van der Waals surface area contributed by atoms with E-state index in [-0.39, 0.29) is 0 Å². The van der Waals surface area contributed by atoms with Crippen LogP contribution < -0.4 is 0 Å². The van der Waals surface area contributed by atoms with Gasteiger partial charge in [0.15, 0.2) is 0 Å². The molecule has 9 rings (SSSR count). The molecule has 0 saturated heterocycles. The van der Waals surface area contributed by atoms with Gasteiger partial charge in [-0.15, -0.1) is 0 Å². The van der Waals surface area contributed by atoms with Gasteiger partial charge in [-0.05, 0) is 84.0 Å². The van der Waals surface area contributed by atoms with Crippen molar-refractivity contribution >= 4 is 43.6 Å². The third kappa shape index (κ3) is 3.19. The van der Waals surface area contributed by atoms with Gasteiger partial charge in [0.25, 0.3) is 0 Å². The van der Waals surface area contributed by atoms with Crippen molar-refractivity contribution in [1.29, 1.82) is 0 Å². The first-order chi connectivity index (χ1) is 20.4. The van der Waals surface area contributed by atoms with Crippen LogP contribution in [0.15, 0.2) is 133 Å². The molecule has 0 radical (unpaired) electrons. The number of hydrogen-bond acceptors (Lipinski definition) is 0. The molecule has 0 N–H and O–H groups in total. The Kier molecular flexibility index (Phi) is 4.82. The fraction of sp³-hybridized carbons (Fsp3) is 0.0769. The van der Waals surface area contributed by atoms with Gasteiger partial charge in [-0.2, -0.15) is 0 Å². The molecule has 0 fully saturated rings. The van der Waals surface area contributed by atoms with Crippen LogP contribution in [0.2, 0.25) is 0 Å². The van der Waals surface area contributed by atoms with E-state index in [0.717, 1.165) is 6.42 Å². The highest BCUT2D eigenvalue weighted by molar-refractivity contribution is 6.22. The predicted octanol–water partition coefficient (Wildman–Crippen LogP) is 10.0. The fourth-order valence-corrected chi connectivity index (χ4v) is 7.41. The maximum atomic E-state index is 2.52. The Morgan fingerprint density at radius 3 is 1.68 bits per heavy atom. The van der Waals surface area contributed by atoms with E-state index in [0.29, 0.717) is 0 Å². The first-order valence-corrected chi connectivity index (χ1v) is 14.6. The molecule has 2 heteroatoms. The van der Waals surface area contributed by atoms with Crippen molar-refractivity contribution in [3.8, 4) is 22.5 Å². The van der Waals surface area contributed by atoms with Crippen molar-refractivity contribution in [2.75, 3.05) is 0 Å². The zero-order valence-electron chi connectivity index (χ0n) is 22.7. The summed E-state index contributed by atoms with van der Waals surface area (Å²) < 4.78 is 4.93. The monoisotopic (exact) mass is 524 g/mol. The Bertz CT molecular complexity index is 2280. The minimum atomic E-state index is 1.15. The van der Waals surface area contributed by atoms with Crippen LogP contribution in [0.1, 0.15) is 17.5 Å². The van der Waals surface area contributed by atoms with Crippen LogP contribution in [0, 0.1) is 0 Å². The highest BCUT2D eigenvalue weighted by Crippen LogP contribution is 2.44. The van der Waals surface area contributed by atoms with Gasteiger partial charge in [-0.1, -0.05) is 91.0 Å². The molecule has 0 saturated carbocycles. The Morgan fingerprint density at radius 2 is 0.976 bits per heavy atom. The van der Waals surface area contributed by atoms with Gasteiger partial charge in [0, 0.05) is 32.9 Å². The average molecular weight is 525 g/mol. The first kappa shape index (κ1) is 22.7. The zero-order valence-corrected chi connectivity index (χ0v) is 22.7. The van der Waals surface area contributed by atoms with Gasteiger partial charge in [0.05, 0.1) is 22.1 Å². The van der Waals surface area contributed by atoms with Crippen molar-refractivity contribution in [2.24, 2.45) is 0 Å². The molecule has 0 aliphatic heterocycles. The molecule has 1 aliphatic rings. The summed E-state index contributed by atoms with van der Waals surface area (Å²) in [4.78, 5) is 0. The van der Waals surface area contributed by atoms with E-state index in [1.807, 2.05) is 0 Å². The number of fused-ring (bicyclic) bond motifs is 7. The summed E-state index contributed by atoms with van der Waals surface area (Å²) >= 11 is 0. The highest BCUT2D eigenvalue weighted by atomic mass is 15.0. The molecular weight excluding hydrogens is 496 g/mol. The molecule has 0 unspecified atom stereocenters. The molecule has 2 heterocycles. The number of rotatable bonds is 3. The average Bonchev–Trinajstić information content (AvgIpc) is 3.74. The number of aromatic nitrogens is 2. The molecule has 41 heavy (non-hydrogen) atoms. The third-order valence-electron chi connectivity index (χ3n) is 9.06. The Labute approximate surface area is 238 Å². The summed E-state index contributed by atoms with van der Waals surface area (Å²) in [6.45, 7) is 0. The molecular formula is C39H28N2. The lowest BCUT2D eigenvalue weighted by molar-refractivity contribution is 0.908. The van der Waals surface area contributed by atoms with E-state index in [2.05, 4.69) is 143 Å². The van der Waals surface area contributed by atoms with E-state index in [9.17, 15) is 0 Å². The summed E-state index contributed by atoms with van der Waals surface area (Å²) in [6, 6.07) is 49.0. The van der Waals surface area contributed by atoms with Gasteiger partial charge in [0.2, 0.25) is 0 Å². The van der Waals surface area contributed by atoms with Crippen LogP contribution in [0.4, 0.5) is 0 Å². The number of benzene rings is 6. The largest absolute Gasteiger partial charge is 0.309 e. The molecule has 0 spiro atoms. The lowest BCUT2D eigenvalue weighted by Crippen LogP contribution is -1.99. The summed E-state index contributed by atoms with van der Waals surface area (Å²) in [7, 11) is 0. The van der Waals surface area contributed by atoms with Gasteiger partial charge < -0.3 is 9.13 Å². The molecule has 6 aromatic carbocycles. The minimum absolute atomic E-state index is 1.15. The van der Waals surface area contributed by atoms with Crippen LogP contribution in [-0.4, -0.2) is 9.13 Å². The lowest BCUT2D eigenvalue weighted by Gasteiger charge is -2.13. The Morgan fingerprint density at radius 1 is 0.415 bits per heavy atom. The van der Waals surface area contributed by atoms with Crippen molar-refractivity contribution in [2.45, 2.75) is 19.3 Å². The van der Waals surface area contributed by atoms with Gasteiger partial charge >= 0.3 is 0 Å². The molecule has 1 aliphatic carbocycles. The minimum Gasteiger partial charge on any atom is -0.309 e. The number of para-hydroxylation sites is 3. The van der Waals surface area contributed by atoms with Crippen LogP contribution in [0.25, 0.3) is 66.1 Å². The highest BCUT2D eigenvalue weighted by Gasteiger charge is 2.22. The van der Waals surface area contributed by atoms with Crippen LogP contribution in [-0.2, 0) is 12.8 Å². The molecule has 0 atom stereocenters. The maximum Gasteiger partial charge on any atom is 0.0547 e. The zero-order chi connectivity index (χ0) is 26.9. The first-order valence-electron chi connectivity index (χ1n) is 14.6. The van der Waals surface area contributed by atoms with Crippen molar-refractivity contribution in [3.63, 3.8) is 0 Å². The summed E-state index contributed by atoms with van der Waals surface area (Å²) in [5.41, 5.74) is 13.1. The van der Waals surface area contributed by atoms with Crippen LogP contribution in [0.3, 0.4) is 0 Å². The summed E-state index contributed by atoms with van der Waals surface area (Å²) in [6.07, 6.45) is 3.57. The third-order valence-corrected chi connectivity index (χ3v) is 9.06. The van der Waals surface area contributed by atoms with E-state index >= 15 is 0 Å². The second kappa shape index (κ2) is 8.71. The van der Waals surface area contributed by atoms with E-state index < -0.39 is 0 Å². The molecule has 0 bridgehead atoms. The normalized spacial score (nSPS) is 13.1. The van der Waals surface area contributed by atoms with E-state index in [4.69, 9.17) is 0 Å². The molecule has 8 aromatic rings. The van der Waals surface area contributed by atoms with Crippen molar-refractivity contribution < 1.29 is 0 Å². The second-order valence-corrected chi connectivity index (χ2v) is 11.2. The fourth-order valence-electron chi connectivity index (χ4n) is 7.41. The van der Waals surface area contributed by atoms with Gasteiger partial charge in [-0.3, -0.25) is 0 Å². The lowest BCUT2D eigenvalue weighted by atomic mass is 9.95. The second-order valence-electron chi connectivity index (χ2n) is 11.2. The molecule has 0 amide bonds. The van der Waals surface area contributed by atoms with E-state index in [1.54, 1.807) is 0 Å². The van der Waals surface area contributed by atoms with Crippen molar-refractivity contribution in [3.05, 3.63) is 145 Å². The topological polar surface area (TPSA) is 9.86 Å². The van der Waals surface area contributed by atoms with Gasteiger partial charge in [0.1, 0.15) is 0 Å². The molecule has 194 valence electrons. The number of hydrogen-bond donors (Lipinski definition) is 0. The predicted molar refractivity (Wildman–Crippen MR) is 173 cm³/mol. The standard InChI is InChI=1S/C39H28N2/c1-2-14-27(15-3-1)40-34-21-6-4-16-31(34)38-29(19-10-24-36(38)40)30-20-11-25-37-39(30)32-17-5-7-22-35(32)41(37)33-23-9-13-26-12-8-18-28(26)33/h1-7,9-11,13-17,19-25H,8,12,18H2. The maximum absolute atomic E-state index is 2.52. The SMILES string of the molecule is c1ccc(-n2c3ccccc3c3c(-c4cccc5c4c4ccccc4n5-c4cccc5c4CCC5)cccc32)cc1. The summed E-state index contributed by atoms with van der Waals surface area (Å²) in [5, 5.41) is 5.21.